The Labute approximate surface area is 129 Å². The maximum Gasteiger partial charge on any atom is 0.308 e. The molecule has 1 aromatic carbocycles. The Morgan fingerprint density at radius 1 is 1.43 bits per heavy atom. The van der Waals surface area contributed by atoms with Crippen molar-refractivity contribution in [2.45, 2.75) is 13.3 Å². The number of rotatable bonds is 5. The summed E-state index contributed by atoms with van der Waals surface area (Å²) in [5.41, 5.74) is 0.855. The van der Waals surface area contributed by atoms with Gasteiger partial charge in [0.2, 0.25) is 10.0 Å². The summed E-state index contributed by atoms with van der Waals surface area (Å²) in [4.78, 5) is 11.1. The first-order valence-electron chi connectivity index (χ1n) is 6.74. The fraction of sp³-hybridized carbons (Fsp3) is 0.500. The quantitative estimate of drug-likeness (QED) is 0.893. The van der Waals surface area contributed by atoms with Crippen molar-refractivity contribution < 1.29 is 18.3 Å². The molecule has 1 aliphatic rings. The molecule has 0 bridgehead atoms. The number of hydrogen-bond acceptors (Lipinski definition) is 3. The summed E-state index contributed by atoms with van der Waals surface area (Å²) in [6, 6.07) is 7.08. The maximum atomic E-state index is 12.3. The lowest BCUT2D eigenvalue weighted by Gasteiger charge is -2.16. The third-order valence-corrected chi connectivity index (χ3v) is 5.87. The Kier molecular flexibility index (Phi) is 4.91. The van der Waals surface area contributed by atoms with E-state index in [2.05, 4.69) is 0 Å². The lowest BCUT2D eigenvalue weighted by atomic mass is 9.99. The van der Waals surface area contributed by atoms with E-state index in [0.29, 0.717) is 11.4 Å². The molecule has 0 saturated carbocycles. The molecule has 0 aromatic heterocycles. The number of carboxylic acid groups (broad SMARTS) is 1. The van der Waals surface area contributed by atoms with Gasteiger partial charge in [-0.15, -0.1) is 0 Å². The Morgan fingerprint density at radius 2 is 2.14 bits per heavy atom. The molecule has 0 unspecified atom stereocenters. The van der Waals surface area contributed by atoms with E-state index in [1.807, 2.05) is 6.07 Å². The predicted octanol–water partition coefficient (Wildman–Crippen LogP) is 1.86. The molecule has 1 saturated heterocycles. The number of aryl methyl sites for hydroxylation is 1. The number of halogens is 1. The molecule has 0 radical (unpaired) electrons. The number of sulfonamides is 1. The molecule has 0 aliphatic carbocycles. The molecule has 2 rings (SSSR count). The molecule has 1 aromatic rings. The van der Waals surface area contributed by atoms with Gasteiger partial charge in [-0.1, -0.05) is 30.7 Å². The second-order valence-corrected chi connectivity index (χ2v) is 7.96. The van der Waals surface area contributed by atoms with E-state index in [0.717, 1.165) is 5.56 Å². The Balaban J connectivity index is 2.01. The van der Waals surface area contributed by atoms with Crippen LogP contribution in [-0.2, 0) is 21.2 Å². The van der Waals surface area contributed by atoms with Gasteiger partial charge >= 0.3 is 5.97 Å². The van der Waals surface area contributed by atoms with Gasteiger partial charge in [0.1, 0.15) is 0 Å². The molecule has 5 nitrogen and oxygen atoms in total. The largest absolute Gasteiger partial charge is 0.481 e. The molecule has 21 heavy (non-hydrogen) atoms. The number of carboxylic acids is 1. The highest BCUT2D eigenvalue weighted by Crippen LogP contribution is 2.26. The van der Waals surface area contributed by atoms with Crippen molar-refractivity contribution in [1.29, 1.82) is 0 Å². The predicted molar refractivity (Wildman–Crippen MR) is 80.8 cm³/mol. The molecule has 1 fully saturated rings. The molecule has 2 atom stereocenters. The number of benzene rings is 1. The Morgan fingerprint density at radius 3 is 2.71 bits per heavy atom. The van der Waals surface area contributed by atoms with Crippen LogP contribution in [0.1, 0.15) is 12.5 Å². The molecule has 1 N–H and O–H groups in total. The van der Waals surface area contributed by atoms with Gasteiger partial charge in [-0.25, -0.2) is 12.7 Å². The van der Waals surface area contributed by atoms with Crippen molar-refractivity contribution in [2.24, 2.45) is 11.8 Å². The highest BCUT2D eigenvalue weighted by molar-refractivity contribution is 7.89. The average molecular weight is 332 g/mol. The van der Waals surface area contributed by atoms with Crippen molar-refractivity contribution in [1.82, 2.24) is 4.31 Å². The first-order valence-corrected chi connectivity index (χ1v) is 8.73. The van der Waals surface area contributed by atoms with Gasteiger partial charge in [0.25, 0.3) is 0 Å². The molecule has 116 valence electrons. The minimum atomic E-state index is -3.44. The molecule has 1 aliphatic heterocycles. The van der Waals surface area contributed by atoms with Crippen molar-refractivity contribution in [3.63, 3.8) is 0 Å². The molecule has 0 spiro atoms. The van der Waals surface area contributed by atoms with Crippen molar-refractivity contribution in [3.05, 3.63) is 34.9 Å². The summed E-state index contributed by atoms with van der Waals surface area (Å²) in [6.07, 6.45) is 0.367. The van der Waals surface area contributed by atoms with E-state index in [4.69, 9.17) is 16.7 Å². The molecule has 7 heteroatoms. The van der Waals surface area contributed by atoms with Gasteiger partial charge in [-0.05, 0) is 30.0 Å². The van der Waals surface area contributed by atoms with E-state index < -0.39 is 21.9 Å². The monoisotopic (exact) mass is 331 g/mol. The minimum absolute atomic E-state index is 0.0353. The summed E-state index contributed by atoms with van der Waals surface area (Å²) < 4.78 is 25.9. The van der Waals surface area contributed by atoms with Crippen LogP contribution in [0.15, 0.2) is 24.3 Å². The first-order chi connectivity index (χ1) is 9.79. The van der Waals surface area contributed by atoms with Crippen LogP contribution in [0.3, 0.4) is 0 Å². The SMILES string of the molecule is C[C@@H]1CN(S(=O)(=O)CCc2cccc(Cl)c2)C[C@H]1C(=O)O. The zero-order valence-electron chi connectivity index (χ0n) is 11.7. The average Bonchev–Trinajstić information content (AvgIpc) is 2.80. The fourth-order valence-electron chi connectivity index (χ4n) is 2.54. The van der Waals surface area contributed by atoms with E-state index in [9.17, 15) is 13.2 Å². The summed E-state index contributed by atoms with van der Waals surface area (Å²) in [5, 5.41) is 9.64. The summed E-state index contributed by atoms with van der Waals surface area (Å²) >= 11 is 5.87. The molecule has 1 heterocycles. The van der Waals surface area contributed by atoms with Crippen LogP contribution in [0.25, 0.3) is 0 Å². The van der Waals surface area contributed by atoms with Crippen LogP contribution in [0.4, 0.5) is 0 Å². The van der Waals surface area contributed by atoms with Crippen LogP contribution >= 0.6 is 11.6 Å². The molecular formula is C14H18ClNO4S. The minimum Gasteiger partial charge on any atom is -0.481 e. The third-order valence-electron chi connectivity index (χ3n) is 3.83. The van der Waals surface area contributed by atoms with Crippen LogP contribution in [-0.4, -0.2) is 42.6 Å². The van der Waals surface area contributed by atoms with Crippen LogP contribution in [0.5, 0.6) is 0 Å². The fourth-order valence-corrected chi connectivity index (χ4v) is 4.35. The molecule has 0 amide bonds. The zero-order chi connectivity index (χ0) is 15.6. The normalized spacial score (nSPS) is 23.3. The van der Waals surface area contributed by atoms with Crippen molar-refractivity contribution >= 4 is 27.6 Å². The second-order valence-electron chi connectivity index (χ2n) is 5.43. The van der Waals surface area contributed by atoms with E-state index in [1.165, 1.54) is 4.31 Å². The van der Waals surface area contributed by atoms with E-state index in [-0.39, 0.29) is 24.8 Å². The number of nitrogens with zero attached hydrogens (tertiary/aromatic N) is 1. The van der Waals surface area contributed by atoms with Gasteiger partial charge in [-0.2, -0.15) is 0 Å². The summed E-state index contributed by atoms with van der Waals surface area (Å²) in [6.45, 7) is 2.11. The van der Waals surface area contributed by atoms with Gasteiger partial charge in [-0.3, -0.25) is 4.79 Å². The van der Waals surface area contributed by atoms with Gasteiger partial charge in [0.15, 0.2) is 0 Å². The van der Waals surface area contributed by atoms with Gasteiger partial charge in [0.05, 0.1) is 11.7 Å². The van der Waals surface area contributed by atoms with Crippen molar-refractivity contribution in [2.75, 3.05) is 18.8 Å². The van der Waals surface area contributed by atoms with Crippen LogP contribution in [0, 0.1) is 11.8 Å². The zero-order valence-corrected chi connectivity index (χ0v) is 13.3. The number of hydrogen-bond donors (Lipinski definition) is 1. The summed E-state index contributed by atoms with van der Waals surface area (Å²) in [5.74, 6) is -1.75. The van der Waals surface area contributed by atoms with Crippen molar-refractivity contribution in [3.8, 4) is 0 Å². The van der Waals surface area contributed by atoms with E-state index >= 15 is 0 Å². The van der Waals surface area contributed by atoms with Gasteiger partial charge in [0, 0.05) is 18.1 Å². The third kappa shape index (κ3) is 3.96. The maximum absolute atomic E-state index is 12.3. The molecular weight excluding hydrogens is 314 g/mol. The summed E-state index contributed by atoms with van der Waals surface area (Å²) in [7, 11) is -3.44. The Hall–Kier alpha value is -1.11. The smallest absolute Gasteiger partial charge is 0.308 e. The second kappa shape index (κ2) is 6.34. The Bertz CT molecular complexity index is 632. The van der Waals surface area contributed by atoms with Gasteiger partial charge < -0.3 is 5.11 Å². The van der Waals surface area contributed by atoms with Crippen LogP contribution in [0.2, 0.25) is 5.02 Å². The first kappa shape index (κ1) is 16.3. The standard InChI is InChI=1S/C14H18ClNO4S/c1-10-8-16(9-13(10)14(17)18)21(19,20)6-5-11-3-2-4-12(15)7-11/h2-4,7,10,13H,5-6,8-9H2,1H3,(H,17,18)/t10-,13-/m1/s1. The van der Waals surface area contributed by atoms with E-state index in [1.54, 1.807) is 25.1 Å². The highest BCUT2D eigenvalue weighted by atomic mass is 35.5. The topological polar surface area (TPSA) is 74.7 Å². The lowest BCUT2D eigenvalue weighted by molar-refractivity contribution is -0.142. The number of aliphatic carboxylic acids is 1. The number of carbonyl (C=O) groups is 1. The lowest BCUT2D eigenvalue weighted by Crippen LogP contribution is -2.32. The highest BCUT2D eigenvalue weighted by Gasteiger charge is 2.39. The van der Waals surface area contributed by atoms with Crippen LogP contribution < -0.4 is 0 Å².